The number of aromatic amines is 1. The fourth-order valence-corrected chi connectivity index (χ4v) is 1.21. The Hall–Kier alpha value is -1.44. The first-order valence-corrected chi connectivity index (χ1v) is 4.81. The van der Waals surface area contributed by atoms with Crippen LogP contribution in [0.5, 0.6) is 0 Å². The maximum Gasteiger partial charge on any atom is 0.155 e. The van der Waals surface area contributed by atoms with Gasteiger partial charge in [-0.2, -0.15) is 0 Å². The molecule has 7 nitrogen and oxygen atoms in total. The third-order valence-corrected chi connectivity index (χ3v) is 2.20. The third kappa shape index (κ3) is 2.78. The van der Waals surface area contributed by atoms with Gasteiger partial charge in [0, 0.05) is 6.61 Å². The number of imidazole rings is 1. The number of hydrogen-bond donors (Lipinski definition) is 5. The molecule has 0 saturated carbocycles. The van der Waals surface area contributed by atoms with Gasteiger partial charge in [-0.05, 0) is 13.3 Å². The Morgan fingerprint density at radius 3 is 2.81 bits per heavy atom. The molecule has 0 aliphatic rings. The minimum Gasteiger partial charge on any atom is -0.411 e. The van der Waals surface area contributed by atoms with E-state index >= 15 is 0 Å². The van der Waals surface area contributed by atoms with Crippen LogP contribution in [-0.4, -0.2) is 48.9 Å². The average Bonchev–Trinajstić information content (AvgIpc) is 2.76. The van der Waals surface area contributed by atoms with Gasteiger partial charge in [0.1, 0.15) is 11.8 Å². The first kappa shape index (κ1) is 12.6. The van der Waals surface area contributed by atoms with Crippen LogP contribution < -0.4 is 0 Å². The van der Waals surface area contributed by atoms with E-state index in [9.17, 15) is 10.2 Å². The van der Waals surface area contributed by atoms with E-state index < -0.39 is 12.2 Å². The molecule has 0 aliphatic carbocycles. The van der Waals surface area contributed by atoms with Crippen LogP contribution in [0.1, 0.15) is 31.0 Å². The molecular weight excluding hydrogens is 214 g/mol. The van der Waals surface area contributed by atoms with Crippen molar-refractivity contribution < 1.29 is 20.5 Å². The fourth-order valence-electron chi connectivity index (χ4n) is 1.21. The van der Waals surface area contributed by atoms with Gasteiger partial charge in [0.2, 0.25) is 0 Å². The fraction of sp³-hybridized carbons (Fsp3) is 0.556. The molecular formula is C9H15N3O4. The van der Waals surface area contributed by atoms with Gasteiger partial charge in [0.05, 0.1) is 18.0 Å². The van der Waals surface area contributed by atoms with Gasteiger partial charge in [-0.1, -0.05) is 5.16 Å². The van der Waals surface area contributed by atoms with E-state index in [0.29, 0.717) is 11.5 Å². The molecule has 1 aromatic heterocycles. The summed E-state index contributed by atoms with van der Waals surface area (Å²) in [4.78, 5) is 6.58. The lowest BCUT2D eigenvalue weighted by molar-refractivity contribution is 0.00212. The minimum absolute atomic E-state index is 0.0720. The van der Waals surface area contributed by atoms with Crippen LogP contribution in [0.4, 0.5) is 0 Å². The van der Waals surface area contributed by atoms with Crippen molar-refractivity contribution in [3.05, 3.63) is 17.7 Å². The Kier molecular flexibility index (Phi) is 4.41. The van der Waals surface area contributed by atoms with E-state index in [1.54, 1.807) is 6.92 Å². The second-order valence-corrected chi connectivity index (χ2v) is 3.40. The Bertz CT molecular complexity index is 363. The molecule has 1 heterocycles. The highest BCUT2D eigenvalue weighted by Gasteiger charge is 2.20. The van der Waals surface area contributed by atoms with E-state index in [0.717, 1.165) is 0 Å². The minimum atomic E-state index is -1.15. The summed E-state index contributed by atoms with van der Waals surface area (Å²) in [6.07, 6.45) is -0.803. The molecule has 0 spiro atoms. The van der Waals surface area contributed by atoms with Crippen LogP contribution in [0.2, 0.25) is 0 Å². The molecule has 0 saturated heterocycles. The molecule has 0 aromatic carbocycles. The van der Waals surface area contributed by atoms with Gasteiger partial charge in [-0.3, -0.25) is 0 Å². The number of aliphatic hydroxyl groups is 3. The first-order valence-electron chi connectivity index (χ1n) is 4.81. The maximum atomic E-state index is 9.65. The highest BCUT2D eigenvalue weighted by Crippen LogP contribution is 2.16. The van der Waals surface area contributed by atoms with Gasteiger partial charge in [0.25, 0.3) is 0 Å². The molecule has 1 aromatic rings. The van der Waals surface area contributed by atoms with Crippen molar-refractivity contribution in [2.75, 3.05) is 6.61 Å². The van der Waals surface area contributed by atoms with Gasteiger partial charge in [-0.15, -0.1) is 0 Å². The second kappa shape index (κ2) is 5.59. The Morgan fingerprint density at radius 1 is 1.56 bits per heavy atom. The Labute approximate surface area is 92.1 Å². The van der Waals surface area contributed by atoms with E-state index in [2.05, 4.69) is 15.1 Å². The molecule has 90 valence electrons. The molecule has 16 heavy (non-hydrogen) atoms. The monoisotopic (exact) mass is 229 g/mol. The largest absolute Gasteiger partial charge is 0.411 e. The van der Waals surface area contributed by atoms with Crippen molar-refractivity contribution in [3.63, 3.8) is 0 Å². The summed E-state index contributed by atoms with van der Waals surface area (Å²) in [5.74, 6) is 0.313. The van der Waals surface area contributed by atoms with E-state index in [-0.39, 0.29) is 18.7 Å². The summed E-state index contributed by atoms with van der Waals surface area (Å²) in [5, 5.41) is 39.2. The normalized spacial score (nSPS) is 16.1. The van der Waals surface area contributed by atoms with Crippen LogP contribution in [-0.2, 0) is 0 Å². The smallest absolute Gasteiger partial charge is 0.155 e. The molecule has 1 rings (SSSR count). The van der Waals surface area contributed by atoms with Crippen LogP contribution in [0.15, 0.2) is 11.4 Å². The van der Waals surface area contributed by atoms with Crippen LogP contribution in [0.25, 0.3) is 0 Å². The van der Waals surface area contributed by atoms with Crippen molar-refractivity contribution in [2.24, 2.45) is 5.16 Å². The van der Waals surface area contributed by atoms with Crippen LogP contribution in [0, 0.1) is 0 Å². The number of nitrogens with zero attached hydrogens (tertiary/aromatic N) is 2. The second-order valence-electron chi connectivity index (χ2n) is 3.40. The number of hydrogen-bond acceptors (Lipinski definition) is 6. The van der Waals surface area contributed by atoms with E-state index in [4.69, 9.17) is 10.3 Å². The molecule has 0 fully saturated rings. The van der Waals surface area contributed by atoms with Crippen molar-refractivity contribution in [2.45, 2.75) is 25.6 Å². The Morgan fingerprint density at radius 2 is 2.25 bits per heavy atom. The number of aromatic nitrogens is 2. The number of rotatable bonds is 5. The topological polar surface area (TPSA) is 122 Å². The quantitative estimate of drug-likeness (QED) is 0.262. The maximum absolute atomic E-state index is 9.65. The predicted octanol–water partition coefficient (Wildman–Crippen LogP) is -0.615. The lowest BCUT2D eigenvalue weighted by Gasteiger charge is -2.14. The summed E-state index contributed by atoms with van der Waals surface area (Å²) < 4.78 is 0. The van der Waals surface area contributed by atoms with Gasteiger partial charge >= 0.3 is 0 Å². The Balaban J connectivity index is 2.77. The highest BCUT2D eigenvalue weighted by atomic mass is 16.4. The average molecular weight is 229 g/mol. The number of H-pyrrole nitrogens is 1. The summed E-state index contributed by atoms with van der Waals surface area (Å²) >= 11 is 0. The lowest BCUT2D eigenvalue weighted by atomic mass is 10.1. The first-order chi connectivity index (χ1) is 7.60. The molecule has 0 radical (unpaired) electrons. The molecule has 0 unspecified atom stereocenters. The summed E-state index contributed by atoms with van der Waals surface area (Å²) in [6.45, 7) is 1.33. The van der Waals surface area contributed by atoms with E-state index in [1.165, 1.54) is 6.20 Å². The van der Waals surface area contributed by atoms with Crippen molar-refractivity contribution in [3.8, 4) is 0 Å². The lowest BCUT2D eigenvalue weighted by Crippen LogP contribution is -2.19. The van der Waals surface area contributed by atoms with Crippen molar-refractivity contribution in [1.82, 2.24) is 9.97 Å². The van der Waals surface area contributed by atoms with Crippen LogP contribution >= 0.6 is 0 Å². The highest BCUT2D eigenvalue weighted by molar-refractivity contribution is 5.94. The summed E-state index contributed by atoms with van der Waals surface area (Å²) in [6, 6.07) is 0. The summed E-state index contributed by atoms with van der Waals surface area (Å²) in [7, 11) is 0. The molecule has 5 N–H and O–H groups in total. The molecule has 0 aliphatic heterocycles. The number of nitrogens with one attached hydrogen (secondary N) is 1. The third-order valence-electron chi connectivity index (χ3n) is 2.20. The predicted molar refractivity (Wildman–Crippen MR) is 55.3 cm³/mol. The van der Waals surface area contributed by atoms with E-state index in [1.807, 2.05) is 0 Å². The number of aliphatic hydroxyl groups excluding tert-OH is 3. The van der Waals surface area contributed by atoms with Gasteiger partial charge in [0.15, 0.2) is 5.82 Å². The number of oxime groups is 1. The van der Waals surface area contributed by atoms with Crippen molar-refractivity contribution in [1.29, 1.82) is 0 Å². The summed E-state index contributed by atoms with van der Waals surface area (Å²) in [5.41, 5.74) is 0.578. The zero-order chi connectivity index (χ0) is 12.1. The van der Waals surface area contributed by atoms with Gasteiger partial charge in [-0.25, -0.2) is 4.98 Å². The molecule has 7 heteroatoms. The zero-order valence-electron chi connectivity index (χ0n) is 8.83. The molecule has 2 atom stereocenters. The van der Waals surface area contributed by atoms with Crippen molar-refractivity contribution >= 4 is 5.71 Å². The molecule has 0 bridgehead atoms. The SMILES string of the molecule is C/C(=N\O)c1ncc([C@@H](O)[C@H](O)CCO)[nH]1. The van der Waals surface area contributed by atoms with Gasteiger partial charge < -0.3 is 25.5 Å². The standard InChI is InChI=1S/C9H15N3O4/c1-5(12-16)9-10-4-6(11-9)8(15)7(14)2-3-13/h4,7-8,13-16H,2-3H2,1H3,(H,10,11)/b12-5+/t7-,8-/m1/s1. The zero-order valence-corrected chi connectivity index (χ0v) is 8.83. The van der Waals surface area contributed by atoms with Crippen LogP contribution in [0.3, 0.4) is 0 Å². The molecule has 0 amide bonds.